The largest absolute Gasteiger partial charge is 0.419 e. The van der Waals surface area contributed by atoms with Crippen LogP contribution in [0.4, 0.5) is 0 Å². The number of benzene rings is 1. The molecule has 19 heavy (non-hydrogen) atoms. The molecule has 2 aliphatic rings. The Morgan fingerprint density at radius 2 is 2.11 bits per heavy atom. The van der Waals surface area contributed by atoms with Crippen LogP contribution < -0.4 is 5.76 Å². The van der Waals surface area contributed by atoms with Gasteiger partial charge in [-0.3, -0.25) is 4.57 Å². The summed E-state index contributed by atoms with van der Waals surface area (Å²) in [6, 6.07) is 6.12. The number of fused-ring (bicyclic) bond motifs is 2. The number of nitrogens with zero attached hydrogens (tertiary/aromatic N) is 1. The molecule has 1 heterocycles. The molecule has 0 radical (unpaired) electrons. The van der Waals surface area contributed by atoms with E-state index in [1.54, 1.807) is 11.6 Å². The van der Waals surface area contributed by atoms with E-state index in [0.717, 1.165) is 23.3 Å². The van der Waals surface area contributed by atoms with Crippen molar-refractivity contribution in [2.24, 2.45) is 24.8 Å². The quantitative estimate of drug-likeness (QED) is 0.792. The normalized spacial score (nSPS) is 30.5. The van der Waals surface area contributed by atoms with Crippen LogP contribution in [-0.2, 0) is 7.05 Å². The van der Waals surface area contributed by atoms with Gasteiger partial charge in [-0.2, -0.15) is 0 Å². The molecule has 2 aromatic rings. The summed E-state index contributed by atoms with van der Waals surface area (Å²) in [7, 11) is 1.74. The maximum atomic E-state index is 11.5. The lowest BCUT2D eigenvalue weighted by Crippen LogP contribution is -2.08. The van der Waals surface area contributed by atoms with Crippen molar-refractivity contribution in [3.63, 3.8) is 0 Å². The first-order chi connectivity index (χ1) is 9.16. The molecule has 1 aromatic heterocycles. The van der Waals surface area contributed by atoms with Crippen LogP contribution in [0.2, 0.25) is 0 Å². The predicted molar refractivity (Wildman–Crippen MR) is 77.4 cm³/mol. The van der Waals surface area contributed by atoms with Gasteiger partial charge in [0.2, 0.25) is 0 Å². The third-order valence-electron chi connectivity index (χ3n) is 4.95. The van der Waals surface area contributed by atoms with Gasteiger partial charge in [-0.05, 0) is 48.3 Å². The fraction of sp³-hybridized carbons (Fsp3) is 0.533. The average Bonchev–Trinajstić information content (AvgIpc) is 2.76. The molecule has 3 unspecified atom stereocenters. The summed E-state index contributed by atoms with van der Waals surface area (Å²) in [6.07, 6.45) is 4.18. The number of aromatic nitrogens is 1. The highest BCUT2D eigenvalue weighted by Gasteiger charge is 2.55. The number of halogens is 1. The Balaban J connectivity index is 1.70. The number of rotatable bonds is 2. The molecule has 100 valence electrons. The van der Waals surface area contributed by atoms with Gasteiger partial charge in [0.25, 0.3) is 0 Å². The van der Waals surface area contributed by atoms with E-state index in [1.165, 1.54) is 24.8 Å². The Morgan fingerprint density at radius 3 is 2.84 bits per heavy atom. The third-order valence-corrected chi connectivity index (χ3v) is 6.08. The van der Waals surface area contributed by atoms with Gasteiger partial charge >= 0.3 is 5.76 Å². The summed E-state index contributed by atoms with van der Waals surface area (Å²) in [5.41, 5.74) is 2.80. The highest BCUT2D eigenvalue weighted by atomic mass is 79.9. The Kier molecular flexibility index (Phi) is 2.47. The van der Waals surface area contributed by atoms with Gasteiger partial charge in [-0.25, -0.2) is 4.79 Å². The Morgan fingerprint density at radius 1 is 1.37 bits per heavy atom. The maximum Gasteiger partial charge on any atom is 0.419 e. The van der Waals surface area contributed by atoms with E-state index in [0.29, 0.717) is 10.4 Å². The van der Waals surface area contributed by atoms with Gasteiger partial charge in [0.15, 0.2) is 5.58 Å². The summed E-state index contributed by atoms with van der Waals surface area (Å²) in [4.78, 5) is 11.9. The predicted octanol–water partition coefficient (Wildman–Crippen LogP) is 3.61. The summed E-state index contributed by atoms with van der Waals surface area (Å²) < 4.78 is 6.82. The number of aryl methyl sites for hydroxylation is 1. The van der Waals surface area contributed by atoms with Crippen molar-refractivity contribution in [2.75, 3.05) is 0 Å². The van der Waals surface area contributed by atoms with E-state index in [9.17, 15) is 4.79 Å². The van der Waals surface area contributed by atoms with Crippen LogP contribution in [0, 0.1) is 17.8 Å². The molecule has 3 nitrogen and oxygen atoms in total. The average molecular weight is 322 g/mol. The van der Waals surface area contributed by atoms with E-state index in [-0.39, 0.29) is 5.76 Å². The fourth-order valence-corrected chi connectivity index (χ4v) is 4.92. The molecular weight excluding hydrogens is 306 g/mol. The van der Waals surface area contributed by atoms with E-state index in [1.807, 2.05) is 12.1 Å². The second-order valence-corrected chi connectivity index (χ2v) is 6.88. The van der Waals surface area contributed by atoms with E-state index in [2.05, 4.69) is 22.0 Å². The van der Waals surface area contributed by atoms with Gasteiger partial charge in [0.1, 0.15) is 0 Å². The number of hydrogen-bond donors (Lipinski definition) is 0. The molecular formula is C15H16BrNO2. The van der Waals surface area contributed by atoms with Crippen molar-refractivity contribution in [3.8, 4) is 0 Å². The standard InChI is InChI=1S/C15H16BrNO2/c1-17-11-6-5-8(7-12(11)19-15(17)18)14(16)13-9-3-2-4-10(9)13/h5-7,9-10,13-14H,2-4H2,1H3. The van der Waals surface area contributed by atoms with Gasteiger partial charge in [0.05, 0.1) is 5.52 Å². The topological polar surface area (TPSA) is 35.1 Å². The maximum absolute atomic E-state index is 11.5. The highest BCUT2D eigenvalue weighted by Crippen LogP contribution is 2.64. The molecule has 4 heteroatoms. The minimum absolute atomic E-state index is 0.290. The molecule has 0 amide bonds. The lowest BCUT2D eigenvalue weighted by atomic mass is 10.0. The van der Waals surface area contributed by atoms with Crippen molar-refractivity contribution < 1.29 is 4.42 Å². The summed E-state index contributed by atoms with van der Waals surface area (Å²) in [6.45, 7) is 0. The zero-order valence-corrected chi connectivity index (χ0v) is 12.4. The van der Waals surface area contributed by atoms with E-state index in [4.69, 9.17) is 4.42 Å². The van der Waals surface area contributed by atoms with Crippen LogP contribution in [0.3, 0.4) is 0 Å². The fourth-order valence-electron chi connectivity index (χ4n) is 3.86. The molecule has 3 atom stereocenters. The second-order valence-electron chi connectivity index (χ2n) is 5.89. The lowest BCUT2D eigenvalue weighted by molar-refractivity contribution is 0.527. The van der Waals surface area contributed by atoms with Crippen LogP contribution in [0.25, 0.3) is 11.1 Å². The molecule has 2 fully saturated rings. The SMILES string of the molecule is Cn1c(=O)oc2cc(C(Br)C3C4CCCC43)ccc21. The molecule has 0 bridgehead atoms. The lowest BCUT2D eigenvalue weighted by Gasteiger charge is -2.12. The monoisotopic (exact) mass is 321 g/mol. The Bertz CT molecular complexity index is 692. The first-order valence-electron chi connectivity index (χ1n) is 6.90. The zero-order chi connectivity index (χ0) is 13.1. The molecule has 2 saturated carbocycles. The van der Waals surface area contributed by atoms with Gasteiger partial charge in [-0.1, -0.05) is 28.4 Å². The number of alkyl halides is 1. The van der Waals surface area contributed by atoms with E-state index >= 15 is 0 Å². The van der Waals surface area contributed by atoms with Gasteiger partial charge < -0.3 is 4.42 Å². The minimum Gasteiger partial charge on any atom is -0.408 e. The van der Waals surface area contributed by atoms with Crippen molar-refractivity contribution in [1.82, 2.24) is 4.57 Å². The first-order valence-corrected chi connectivity index (χ1v) is 7.82. The van der Waals surface area contributed by atoms with Gasteiger partial charge in [0, 0.05) is 11.9 Å². The second kappa shape index (κ2) is 3.98. The minimum atomic E-state index is -0.290. The van der Waals surface area contributed by atoms with Crippen LogP contribution in [-0.4, -0.2) is 4.57 Å². The Labute approximate surface area is 119 Å². The summed E-state index contributed by atoms with van der Waals surface area (Å²) in [5.74, 6) is 2.33. The molecule has 1 aromatic carbocycles. The van der Waals surface area contributed by atoms with Crippen molar-refractivity contribution in [1.29, 1.82) is 0 Å². The highest BCUT2D eigenvalue weighted by molar-refractivity contribution is 9.09. The molecule has 0 saturated heterocycles. The zero-order valence-electron chi connectivity index (χ0n) is 10.8. The summed E-state index contributed by atoms with van der Waals surface area (Å²) in [5, 5.41) is 0. The van der Waals surface area contributed by atoms with Crippen LogP contribution >= 0.6 is 15.9 Å². The summed E-state index contributed by atoms with van der Waals surface area (Å²) >= 11 is 3.85. The van der Waals surface area contributed by atoms with Crippen molar-refractivity contribution in [2.45, 2.75) is 24.1 Å². The molecule has 4 rings (SSSR count). The first kappa shape index (κ1) is 11.8. The molecule has 2 aliphatic carbocycles. The van der Waals surface area contributed by atoms with Gasteiger partial charge in [-0.15, -0.1) is 0 Å². The Hall–Kier alpha value is -1.03. The van der Waals surface area contributed by atoms with Crippen LogP contribution in [0.1, 0.15) is 29.7 Å². The van der Waals surface area contributed by atoms with E-state index < -0.39 is 0 Å². The van der Waals surface area contributed by atoms with Crippen LogP contribution in [0.15, 0.2) is 27.4 Å². The number of hydrogen-bond acceptors (Lipinski definition) is 2. The molecule has 0 spiro atoms. The van der Waals surface area contributed by atoms with Crippen LogP contribution in [0.5, 0.6) is 0 Å². The van der Waals surface area contributed by atoms with Crippen molar-refractivity contribution in [3.05, 3.63) is 34.3 Å². The van der Waals surface area contributed by atoms with Crippen molar-refractivity contribution >= 4 is 27.0 Å². The molecule has 0 aliphatic heterocycles. The number of oxazole rings is 1. The smallest absolute Gasteiger partial charge is 0.408 e. The third kappa shape index (κ3) is 1.65. The molecule has 0 N–H and O–H groups in total.